The zero-order chi connectivity index (χ0) is 21.6. The minimum Gasteiger partial charge on any atom is -0.465 e. The van der Waals surface area contributed by atoms with Gasteiger partial charge in [-0.1, -0.05) is 41.9 Å². The number of rotatable bonds is 4. The standard InChI is InChI=1S/C25H21ClN2O3/c1-28-15-19(16-8-10-17(26)11-9-16)23(22(29)13-12-18-5-4-14-31-18)25(28)20-6-2-3-7-21(20)27-24(25)30/h2-14,19,23H,15H2,1H3,(H,27,30). The van der Waals surface area contributed by atoms with Gasteiger partial charge in [-0.3, -0.25) is 14.5 Å². The maximum absolute atomic E-state index is 13.7. The summed E-state index contributed by atoms with van der Waals surface area (Å²) >= 11 is 6.10. The molecular formula is C25H21ClN2O3. The molecule has 3 aromatic rings. The van der Waals surface area contributed by atoms with Gasteiger partial charge in [-0.25, -0.2) is 0 Å². The van der Waals surface area contributed by atoms with Gasteiger partial charge in [-0.05, 0) is 55.1 Å². The van der Waals surface area contributed by atoms with Gasteiger partial charge in [0.25, 0.3) is 0 Å². The van der Waals surface area contributed by atoms with Crippen LogP contribution in [-0.2, 0) is 15.1 Å². The number of carbonyl (C=O) groups excluding carboxylic acids is 2. The number of halogens is 1. The molecule has 2 aromatic carbocycles. The summed E-state index contributed by atoms with van der Waals surface area (Å²) in [5.74, 6) is -0.473. The molecule has 1 fully saturated rings. The van der Waals surface area contributed by atoms with E-state index < -0.39 is 11.5 Å². The van der Waals surface area contributed by atoms with Crippen LogP contribution in [-0.4, -0.2) is 30.2 Å². The van der Waals surface area contributed by atoms with Gasteiger partial charge < -0.3 is 9.73 Å². The van der Waals surface area contributed by atoms with E-state index in [2.05, 4.69) is 5.32 Å². The predicted molar refractivity (Wildman–Crippen MR) is 120 cm³/mol. The number of likely N-dealkylation sites (N-methyl/N-ethyl adjacent to an activating group) is 1. The van der Waals surface area contributed by atoms with Crippen LogP contribution in [0.4, 0.5) is 5.69 Å². The van der Waals surface area contributed by atoms with Gasteiger partial charge in [-0.2, -0.15) is 0 Å². The van der Waals surface area contributed by atoms with Gasteiger partial charge in [-0.15, -0.1) is 0 Å². The number of hydrogen-bond donors (Lipinski definition) is 1. The van der Waals surface area contributed by atoms with E-state index in [1.807, 2.05) is 60.5 Å². The first-order chi connectivity index (χ1) is 15.0. The number of nitrogens with one attached hydrogen (secondary N) is 1. The Morgan fingerprint density at radius 2 is 1.94 bits per heavy atom. The van der Waals surface area contributed by atoms with Crippen molar-refractivity contribution in [2.45, 2.75) is 11.5 Å². The van der Waals surface area contributed by atoms with Crippen LogP contribution in [0.5, 0.6) is 0 Å². The quantitative estimate of drug-likeness (QED) is 0.606. The number of anilines is 1. The number of allylic oxidation sites excluding steroid dienone is 1. The predicted octanol–water partition coefficient (Wildman–Crippen LogP) is 4.71. The fourth-order valence-corrected chi connectivity index (χ4v) is 5.22. The normalized spacial score (nSPS) is 25.3. The topological polar surface area (TPSA) is 62.6 Å². The number of furan rings is 1. The van der Waals surface area contributed by atoms with Crippen molar-refractivity contribution in [2.24, 2.45) is 5.92 Å². The molecule has 1 saturated heterocycles. The lowest BCUT2D eigenvalue weighted by Gasteiger charge is -2.35. The monoisotopic (exact) mass is 432 g/mol. The molecule has 3 heterocycles. The molecule has 3 atom stereocenters. The van der Waals surface area contributed by atoms with E-state index in [-0.39, 0.29) is 17.6 Å². The summed E-state index contributed by atoms with van der Waals surface area (Å²) in [5.41, 5.74) is 1.49. The molecular weight excluding hydrogens is 412 g/mol. The third kappa shape index (κ3) is 3.04. The molecule has 31 heavy (non-hydrogen) atoms. The lowest BCUT2D eigenvalue weighted by Crippen LogP contribution is -2.51. The Balaban J connectivity index is 1.65. The fourth-order valence-electron chi connectivity index (χ4n) is 5.09. The minimum atomic E-state index is -1.08. The molecule has 1 aromatic heterocycles. The van der Waals surface area contributed by atoms with Gasteiger partial charge in [0.05, 0.1) is 12.2 Å². The molecule has 1 N–H and O–H groups in total. The summed E-state index contributed by atoms with van der Waals surface area (Å²) in [4.78, 5) is 29.2. The molecule has 6 heteroatoms. The van der Waals surface area contributed by atoms with Crippen molar-refractivity contribution in [2.75, 3.05) is 18.9 Å². The molecule has 156 valence electrons. The second-order valence-electron chi connectivity index (χ2n) is 8.03. The molecule has 0 aliphatic carbocycles. The Hall–Kier alpha value is -3.15. The Labute approximate surface area is 185 Å². The van der Waals surface area contributed by atoms with E-state index in [1.165, 1.54) is 6.08 Å². The molecule has 0 radical (unpaired) electrons. The number of amides is 1. The van der Waals surface area contributed by atoms with Crippen molar-refractivity contribution in [3.63, 3.8) is 0 Å². The van der Waals surface area contributed by atoms with Crippen LogP contribution in [0.3, 0.4) is 0 Å². The second kappa shape index (κ2) is 7.52. The van der Waals surface area contributed by atoms with Gasteiger partial charge in [0, 0.05) is 28.7 Å². The average molecular weight is 433 g/mol. The van der Waals surface area contributed by atoms with Crippen LogP contribution in [0.15, 0.2) is 77.4 Å². The number of fused-ring (bicyclic) bond motifs is 2. The van der Waals surface area contributed by atoms with Crippen molar-refractivity contribution in [1.82, 2.24) is 4.90 Å². The van der Waals surface area contributed by atoms with Crippen molar-refractivity contribution in [3.05, 3.63) is 94.9 Å². The molecule has 5 rings (SSSR count). The van der Waals surface area contributed by atoms with E-state index in [0.717, 1.165) is 16.8 Å². The highest BCUT2D eigenvalue weighted by atomic mass is 35.5. The first-order valence-electron chi connectivity index (χ1n) is 10.1. The summed E-state index contributed by atoms with van der Waals surface area (Å²) < 4.78 is 5.34. The summed E-state index contributed by atoms with van der Waals surface area (Å²) in [6, 6.07) is 18.7. The number of ketones is 1. The van der Waals surface area contributed by atoms with Gasteiger partial charge in [0.1, 0.15) is 11.3 Å². The molecule has 2 aliphatic heterocycles. The zero-order valence-corrected chi connectivity index (χ0v) is 17.7. The first kappa shape index (κ1) is 19.8. The van der Waals surface area contributed by atoms with Gasteiger partial charge in [0.15, 0.2) is 5.78 Å². The fraction of sp³-hybridized carbons (Fsp3) is 0.200. The SMILES string of the molecule is CN1CC(c2ccc(Cl)cc2)C(C(=O)C=Cc2ccco2)C12C(=O)Nc1ccccc12. The van der Waals surface area contributed by atoms with Crippen LogP contribution in [0.25, 0.3) is 6.08 Å². The van der Waals surface area contributed by atoms with Crippen LogP contribution in [0.2, 0.25) is 5.02 Å². The van der Waals surface area contributed by atoms with Crippen LogP contribution in [0.1, 0.15) is 22.8 Å². The van der Waals surface area contributed by atoms with E-state index in [0.29, 0.717) is 17.3 Å². The molecule has 2 aliphatic rings. The average Bonchev–Trinajstić information content (AvgIpc) is 3.46. The lowest BCUT2D eigenvalue weighted by atomic mass is 9.71. The summed E-state index contributed by atoms with van der Waals surface area (Å²) in [6.07, 6.45) is 4.75. The Kier molecular flexibility index (Phi) is 4.80. The molecule has 5 nitrogen and oxygen atoms in total. The third-order valence-electron chi connectivity index (χ3n) is 6.42. The van der Waals surface area contributed by atoms with E-state index in [4.69, 9.17) is 16.0 Å². The number of nitrogens with zero attached hydrogens (tertiary/aromatic N) is 1. The zero-order valence-electron chi connectivity index (χ0n) is 16.9. The van der Waals surface area contributed by atoms with E-state index >= 15 is 0 Å². The third-order valence-corrected chi connectivity index (χ3v) is 6.67. The van der Waals surface area contributed by atoms with Crippen molar-refractivity contribution >= 4 is 35.1 Å². The first-order valence-corrected chi connectivity index (χ1v) is 10.5. The maximum atomic E-state index is 13.7. The number of likely N-dealkylation sites (tertiary alicyclic amines) is 1. The van der Waals surface area contributed by atoms with Crippen molar-refractivity contribution in [3.8, 4) is 0 Å². The molecule has 1 amide bonds. The summed E-state index contributed by atoms with van der Waals surface area (Å²) in [5, 5.41) is 3.63. The highest BCUT2D eigenvalue weighted by Crippen LogP contribution is 2.55. The Morgan fingerprint density at radius 3 is 2.68 bits per heavy atom. The number of para-hydroxylation sites is 1. The van der Waals surface area contributed by atoms with Crippen LogP contribution in [0, 0.1) is 5.92 Å². The highest BCUT2D eigenvalue weighted by Gasteiger charge is 2.63. The molecule has 0 saturated carbocycles. The van der Waals surface area contributed by atoms with Gasteiger partial charge >= 0.3 is 0 Å². The van der Waals surface area contributed by atoms with E-state index in [1.54, 1.807) is 24.5 Å². The number of hydrogen-bond acceptors (Lipinski definition) is 4. The highest BCUT2D eigenvalue weighted by molar-refractivity contribution is 6.30. The smallest absolute Gasteiger partial charge is 0.250 e. The van der Waals surface area contributed by atoms with Gasteiger partial charge in [0.2, 0.25) is 5.91 Å². The lowest BCUT2D eigenvalue weighted by molar-refractivity contribution is -0.133. The van der Waals surface area contributed by atoms with Crippen LogP contribution >= 0.6 is 11.6 Å². The molecule has 0 bridgehead atoms. The minimum absolute atomic E-state index is 0.118. The largest absolute Gasteiger partial charge is 0.465 e. The Bertz CT molecular complexity index is 1170. The Morgan fingerprint density at radius 1 is 1.16 bits per heavy atom. The number of benzene rings is 2. The summed E-state index contributed by atoms with van der Waals surface area (Å²) in [6.45, 7) is 0.564. The molecule has 3 unspecified atom stereocenters. The van der Waals surface area contributed by atoms with Crippen LogP contribution < -0.4 is 5.32 Å². The second-order valence-corrected chi connectivity index (χ2v) is 8.47. The van der Waals surface area contributed by atoms with Crippen molar-refractivity contribution in [1.29, 1.82) is 0 Å². The van der Waals surface area contributed by atoms with Crippen molar-refractivity contribution < 1.29 is 14.0 Å². The summed E-state index contributed by atoms with van der Waals surface area (Å²) in [7, 11) is 1.91. The van der Waals surface area contributed by atoms with E-state index in [9.17, 15) is 9.59 Å². The molecule has 1 spiro atoms. The number of carbonyl (C=O) groups is 2. The maximum Gasteiger partial charge on any atom is 0.250 e.